The van der Waals surface area contributed by atoms with Crippen molar-refractivity contribution in [2.45, 2.75) is 51.0 Å². The summed E-state index contributed by atoms with van der Waals surface area (Å²) >= 11 is 0. The molecule has 3 rings (SSSR count). The number of likely N-dealkylation sites (tertiary alicyclic amines) is 1. The fraction of sp³-hybridized carbons (Fsp3) is 0.579. The van der Waals surface area contributed by atoms with Crippen LogP contribution in [0.3, 0.4) is 0 Å². The minimum absolute atomic E-state index is 0.0687. The summed E-state index contributed by atoms with van der Waals surface area (Å²) in [6.45, 7) is 1.21. The lowest BCUT2D eigenvalue weighted by Gasteiger charge is -2.33. The third-order valence-electron chi connectivity index (χ3n) is 5.04. The number of nitrogens with one attached hydrogen (secondary N) is 1. The number of amides is 2. The summed E-state index contributed by atoms with van der Waals surface area (Å²) in [4.78, 5) is 34.8. The van der Waals surface area contributed by atoms with Gasteiger partial charge < -0.3 is 10.2 Å². The van der Waals surface area contributed by atoms with Crippen molar-refractivity contribution in [1.82, 2.24) is 20.2 Å². The predicted octanol–water partition coefficient (Wildman–Crippen LogP) is 2.18. The summed E-state index contributed by atoms with van der Waals surface area (Å²) in [6.07, 6.45) is 15.6. The van der Waals surface area contributed by atoms with Crippen LogP contribution in [0.25, 0.3) is 6.08 Å². The molecule has 6 heteroatoms. The summed E-state index contributed by atoms with van der Waals surface area (Å²) in [5.41, 5.74) is 0.652. The van der Waals surface area contributed by atoms with E-state index in [4.69, 9.17) is 0 Å². The van der Waals surface area contributed by atoms with Crippen LogP contribution in [-0.4, -0.2) is 45.8 Å². The Morgan fingerprint density at radius 3 is 2.72 bits per heavy atom. The molecule has 1 unspecified atom stereocenters. The van der Waals surface area contributed by atoms with Crippen molar-refractivity contribution in [2.24, 2.45) is 5.92 Å². The van der Waals surface area contributed by atoms with Gasteiger partial charge in [-0.05, 0) is 31.8 Å². The molecular formula is C19H26N4O2. The Hall–Kier alpha value is -2.24. The van der Waals surface area contributed by atoms with Gasteiger partial charge in [0.2, 0.25) is 11.8 Å². The highest BCUT2D eigenvalue weighted by atomic mass is 16.2. The highest BCUT2D eigenvalue weighted by molar-refractivity contribution is 5.92. The van der Waals surface area contributed by atoms with Gasteiger partial charge in [0.1, 0.15) is 0 Å². The molecule has 1 aromatic rings. The number of rotatable bonds is 4. The van der Waals surface area contributed by atoms with E-state index in [1.54, 1.807) is 29.6 Å². The molecule has 25 heavy (non-hydrogen) atoms. The zero-order valence-corrected chi connectivity index (χ0v) is 14.6. The van der Waals surface area contributed by atoms with Crippen molar-refractivity contribution in [1.29, 1.82) is 0 Å². The van der Waals surface area contributed by atoms with Crippen molar-refractivity contribution in [3.05, 3.63) is 30.4 Å². The van der Waals surface area contributed by atoms with E-state index < -0.39 is 0 Å². The topological polar surface area (TPSA) is 75.2 Å². The van der Waals surface area contributed by atoms with E-state index >= 15 is 0 Å². The maximum atomic E-state index is 12.5. The van der Waals surface area contributed by atoms with E-state index in [1.165, 1.54) is 25.3 Å². The minimum atomic E-state index is -0.0930. The molecule has 1 N–H and O–H groups in total. The van der Waals surface area contributed by atoms with Gasteiger partial charge in [0.15, 0.2) is 0 Å². The number of aromatic nitrogens is 2. The normalized spacial score (nSPS) is 22.1. The predicted molar refractivity (Wildman–Crippen MR) is 95.4 cm³/mol. The lowest BCUT2D eigenvalue weighted by Crippen LogP contribution is -2.47. The van der Waals surface area contributed by atoms with E-state index in [9.17, 15) is 9.59 Å². The van der Waals surface area contributed by atoms with Gasteiger partial charge in [-0.25, -0.2) is 0 Å². The fourth-order valence-electron chi connectivity index (χ4n) is 3.62. The molecule has 0 radical (unpaired) electrons. The van der Waals surface area contributed by atoms with Crippen LogP contribution < -0.4 is 5.32 Å². The largest absolute Gasteiger partial charge is 0.353 e. The first-order valence-electron chi connectivity index (χ1n) is 9.26. The van der Waals surface area contributed by atoms with E-state index in [0.717, 1.165) is 25.7 Å². The molecule has 6 nitrogen and oxygen atoms in total. The van der Waals surface area contributed by atoms with Gasteiger partial charge >= 0.3 is 0 Å². The molecule has 1 saturated heterocycles. The average molecular weight is 342 g/mol. The van der Waals surface area contributed by atoms with Crippen molar-refractivity contribution in [2.75, 3.05) is 13.1 Å². The first-order chi connectivity index (χ1) is 12.2. The molecule has 1 aromatic heterocycles. The maximum Gasteiger partial charge on any atom is 0.246 e. The quantitative estimate of drug-likeness (QED) is 0.851. The number of hydrogen-bond donors (Lipinski definition) is 1. The van der Waals surface area contributed by atoms with Crippen LogP contribution in [0.5, 0.6) is 0 Å². The lowest BCUT2D eigenvalue weighted by atomic mass is 9.93. The zero-order chi connectivity index (χ0) is 17.5. The summed E-state index contributed by atoms with van der Waals surface area (Å²) in [6, 6.07) is 0.323. The van der Waals surface area contributed by atoms with Crippen LogP contribution in [0.1, 0.15) is 50.6 Å². The molecule has 2 heterocycles. The van der Waals surface area contributed by atoms with Crippen LogP contribution in [0, 0.1) is 5.92 Å². The molecule has 134 valence electrons. The third kappa shape index (κ3) is 5.11. The Kier molecular flexibility index (Phi) is 6.14. The summed E-state index contributed by atoms with van der Waals surface area (Å²) < 4.78 is 0. The van der Waals surface area contributed by atoms with Gasteiger partial charge in [-0.15, -0.1) is 0 Å². The number of piperidine rings is 1. The molecule has 1 aliphatic heterocycles. The van der Waals surface area contributed by atoms with E-state index in [0.29, 0.717) is 24.8 Å². The van der Waals surface area contributed by atoms with Crippen LogP contribution in [0.15, 0.2) is 24.7 Å². The second kappa shape index (κ2) is 8.74. The van der Waals surface area contributed by atoms with Gasteiger partial charge in [-0.2, -0.15) is 0 Å². The Morgan fingerprint density at radius 1 is 1.12 bits per heavy atom. The van der Waals surface area contributed by atoms with E-state index in [2.05, 4.69) is 15.3 Å². The molecule has 2 aliphatic rings. The van der Waals surface area contributed by atoms with Crippen LogP contribution in [0.4, 0.5) is 0 Å². The molecular weight excluding hydrogens is 316 g/mol. The molecule has 0 aromatic carbocycles. The molecule has 0 bridgehead atoms. The van der Waals surface area contributed by atoms with Crippen molar-refractivity contribution < 1.29 is 9.59 Å². The molecule has 2 fully saturated rings. The summed E-state index contributed by atoms with van der Waals surface area (Å²) in [5, 5.41) is 3.19. The van der Waals surface area contributed by atoms with E-state index in [-0.39, 0.29) is 17.7 Å². The van der Waals surface area contributed by atoms with Gasteiger partial charge in [0.05, 0.1) is 17.8 Å². The third-order valence-corrected chi connectivity index (χ3v) is 5.04. The Bertz CT molecular complexity index is 611. The molecule has 1 saturated carbocycles. The first-order valence-corrected chi connectivity index (χ1v) is 9.26. The minimum Gasteiger partial charge on any atom is -0.353 e. The Labute approximate surface area is 148 Å². The maximum absolute atomic E-state index is 12.5. The number of hydrogen-bond acceptors (Lipinski definition) is 4. The monoisotopic (exact) mass is 342 g/mol. The Morgan fingerprint density at radius 2 is 1.96 bits per heavy atom. The van der Waals surface area contributed by atoms with Crippen molar-refractivity contribution in [3.8, 4) is 0 Å². The first kappa shape index (κ1) is 17.6. The smallest absolute Gasteiger partial charge is 0.246 e. The highest BCUT2D eigenvalue weighted by Crippen LogP contribution is 2.21. The van der Waals surface area contributed by atoms with E-state index in [1.807, 2.05) is 0 Å². The zero-order valence-electron chi connectivity index (χ0n) is 14.6. The SMILES string of the molecule is O=C(NC1CCCCC1)C1CCCN(C(=O)C=Cc2cnccn2)C1. The summed E-state index contributed by atoms with van der Waals surface area (Å²) in [7, 11) is 0. The van der Waals surface area contributed by atoms with Gasteiger partial charge in [-0.1, -0.05) is 19.3 Å². The lowest BCUT2D eigenvalue weighted by molar-refractivity contribution is -0.132. The van der Waals surface area contributed by atoms with Crippen LogP contribution >= 0.6 is 0 Å². The molecule has 0 spiro atoms. The molecule has 1 atom stereocenters. The fourth-order valence-corrected chi connectivity index (χ4v) is 3.62. The number of nitrogens with zero attached hydrogens (tertiary/aromatic N) is 3. The van der Waals surface area contributed by atoms with Gasteiger partial charge in [-0.3, -0.25) is 19.6 Å². The Balaban J connectivity index is 1.52. The van der Waals surface area contributed by atoms with Crippen LogP contribution in [0.2, 0.25) is 0 Å². The molecule has 1 aliphatic carbocycles. The second-order valence-electron chi connectivity index (χ2n) is 6.93. The standard InChI is InChI=1S/C19H26N4O2/c24-18(9-8-17-13-20-10-11-21-17)23-12-4-5-15(14-23)19(25)22-16-6-2-1-3-7-16/h8-11,13,15-16H,1-7,12,14H2,(H,22,25). The van der Waals surface area contributed by atoms with Gasteiger partial charge in [0, 0.05) is 37.6 Å². The molecule has 2 amide bonds. The van der Waals surface area contributed by atoms with Crippen LogP contribution in [-0.2, 0) is 9.59 Å². The average Bonchev–Trinajstić information content (AvgIpc) is 2.68. The van der Waals surface area contributed by atoms with Crippen molar-refractivity contribution >= 4 is 17.9 Å². The second-order valence-corrected chi connectivity index (χ2v) is 6.93. The highest BCUT2D eigenvalue weighted by Gasteiger charge is 2.29. The number of carbonyl (C=O) groups is 2. The van der Waals surface area contributed by atoms with Crippen molar-refractivity contribution in [3.63, 3.8) is 0 Å². The summed E-state index contributed by atoms with van der Waals surface area (Å²) in [5.74, 6) is -0.0485. The number of carbonyl (C=O) groups excluding carboxylic acids is 2. The van der Waals surface area contributed by atoms with Gasteiger partial charge in [0.25, 0.3) is 0 Å².